The second-order valence-electron chi connectivity index (χ2n) is 23.5. The van der Waals surface area contributed by atoms with Gasteiger partial charge >= 0.3 is 17.9 Å². The third-order valence-corrected chi connectivity index (χ3v) is 15.9. The van der Waals surface area contributed by atoms with E-state index in [1.807, 2.05) is 0 Å². The van der Waals surface area contributed by atoms with Crippen molar-refractivity contribution < 1.29 is 28.6 Å². The fourth-order valence-corrected chi connectivity index (χ4v) is 10.7. The average Bonchev–Trinajstić information content (AvgIpc) is 3.40. The third-order valence-electron chi connectivity index (χ3n) is 15.9. The molecule has 1 unspecified atom stereocenters. The molecule has 0 saturated carbocycles. The molecule has 0 aromatic heterocycles. The molecule has 0 radical (unpaired) electrons. The summed E-state index contributed by atoms with van der Waals surface area (Å²) in [5.74, 6) is -0.839. The Morgan fingerprint density at radius 2 is 0.365 bits per heavy atom. The summed E-state index contributed by atoms with van der Waals surface area (Å²) in [5.41, 5.74) is 0. The minimum Gasteiger partial charge on any atom is -0.462 e. The van der Waals surface area contributed by atoms with Gasteiger partial charge in [0.15, 0.2) is 6.10 Å². The van der Waals surface area contributed by atoms with E-state index in [1.54, 1.807) is 0 Å². The molecule has 74 heavy (non-hydrogen) atoms. The Bertz CT molecular complexity index is 1110. The predicted octanol–water partition coefficient (Wildman–Crippen LogP) is 23.1. The van der Waals surface area contributed by atoms with Gasteiger partial charge in [-0.3, -0.25) is 14.4 Å². The number of carbonyl (C=O) groups excluding carboxylic acids is 3. The molecule has 0 aliphatic heterocycles. The maximum atomic E-state index is 12.9. The van der Waals surface area contributed by atoms with Crippen molar-refractivity contribution in [1.29, 1.82) is 0 Å². The first-order valence-electron chi connectivity index (χ1n) is 34.0. The summed E-state index contributed by atoms with van der Waals surface area (Å²) in [4.78, 5) is 38.0. The number of carbonyl (C=O) groups is 3. The highest BCUT2D eigenvalue weighted by atomic mass is 16.6. The van der Waals surface area contributed by atoms with Crippen molar-refractivity contribution in [2.24, 2.45) is 0 Å². The van der Waals surface area contributed by atoms with Gasteiger partial charge in [-0.1, -0.05) is 361 Å². The van der Waals surface area contributed by atoms with Gasteiger partial charge in [-0.25, -0.2) is 0 Å². The number of hydrogen-bond donors (Lipinski definition) is 0. The topological polar surface area (TPSA) is 78.9 Å². The molecule has 0 bridgehead atoms. The zero-order chi connectivity index (χ0) is 53.6. The lowest BCUT2D eigenvalue weighted by Crippen LogP contribution is -2.30. The Morgan fingerprint density at radius 1 is 0.216 bits per heavy atom. The van der Waals surface area contributed by atoms with Crippen molar-refractivity contribution in [3.63, 3.8) is 0 Å². The molecule has 0 aromatic rings. The van der Waals surface area contributed by atoms with Gasteiger partial charge in [-0.05, 0) is 19.3 Å². The first-order valence-corrected chi connectivity index (χ1v) is 34.0. The lowest BCUT2D eigenvalue weighted by molar-refractivity contribution is -0.167. The van der Waals surface area contributed by atoms with Crippen LogP contribution in [0, 0.1) is 0 Å². The van der Waals surface area contributed by atoms with Crippen LogP contribution in [0.1, 0.15) is 400 Å². The van der Waals surface area contributed by atoms with Crippen LogP contribution in [0.25, 0.3) is 0 Å². The Balaban J connectivity index is 3.95. The lowest BCUT2D eigenvalue weighted by atomic mass is 10.0. The Kier molecular flexibility index (Phi) is 62.6. The lowest BCUT2D eigenvalue weighted by Gasteiger charge is -2.18. The van der Waals surface area contributed by atoms with Gasteiger partial charge in [0.25, 0.3) is 0 Å². The van der Waals surface area contributed by atoms with Gasteiger partial charge in [0.1, 0.15) is 13.2 Å². The maximum absolute atomic E-state index is 12.9. The number of hydrogen-bond acceptors (Lipinski definition) is 6. The molecule has 0 spiro atoms. The van der Waals surface area contributed by atoms with E-state index in [-0.39, 0.29) is 31.1 Å². The van der Waals surface area contributed by atoms with E-state index in [0.29, 0.717) is 19.3 Å². The van der Waals surface area contributed by atoms with Crippen LogP contribution < -0.4 is 0 Å². The molecular weight excluding hydrogens is 913 g/mol. The first kappa shape index (κ1) is 72.4. The molecule has 6 heteroatoms. The molecule has 0 amide bonds. The van der Waals surface area contributed by atoms with Gasteiger partial charge in [0.05, 0.1) is 0 Å². The van der Waals surface area contributed by atoms with Crippen molar-refractivity contribution in [3.05, 3.63) is 0 Å². The smallest absolute Gasteiger partial charge is 0.306 e. The van der Waals surface area contributed by atoms with Crippen molar-refractivity contribution in [2.45, 2.75) is 406 Å². The van der Waals surface area contributed by atoms with E-state index in [9.17, 15) is 14.4 Å². The molecule has 0 aliphatic rings. The van der Waals surface area contributed by atoms with Crippen molar-refractivity contribution in [2.75, 3.05) is 13.2 Å². The van der Waals surface area contributed by atoms with Crippen molar-refractivity contribution in [3.8, 4) is 0 Å². The van der Waals surface area contributed by atoms with Gasteiger partial charge in [-0.2, -0.15) is 0 Å². The minimum atomic E-state index is -0.761. The van der Waals surface area contributed by atoms with E-state index >= 15 is 0 Å². The largest absolute Gasteiger partial charge is 0.462 e. The molecule has 0 saturated heterocycles. The molecule has 0 aliphatic carbocycles. The van der Waals surface area contributed by atoms with Crippen LogP contribution in [0.3, 0.4) is 0 Å². The maximum Gasteiger partial charge on any atom is 0.306 e. The predicted molar refractivity (Wildman–Crippen MR) is 321 cm³/mol. The van der Waals surface area contributed by atoms with Crippen LogP contribution in [-0.2, 0) is 28.6 Å². The highest BCUT2D eigenvalue weighted by molar-refractivity contribution is 5.71. The van der Waals surface area contributed by atoms with E-state index < -0.39 is 6.10 Å². The Morgan fingerprint density at radius 3 is 0.541 bits per heavy atom. The van der Waals surface area contributed by atoms with Gasteiger partial charge in [-0.15, -0.1) is 0 Å². The number of rotatable bonds is 64. The van der Waals surface area contributed by atoms with E-state index in [4.69, 9.17) is 14.2 Å². The van der Waals surface area contributed by atoms with Crippen LogP contribution in [0.15, 0.2) is 0 Å². The number of esters is 3. The summed E-state index contributed by atoms with van der Waals surface area (Å²) in [5, 5.41) is 0. The van der Waals surface area contributed by atoms with Crippen LogP contribution in [0.5, 0.6) is 0 Å². The summed E-state index contributed by atoms with van der Waals surface area (Å²) in [7, 11) is 0. The molecule has 440 valence electrons. The van der Waals surface area contributed by atoms with Crippen LogP contribution in [0.4, 0.5) is 0 Å². The first-order chi connectivity index (χ1) is 36.5. The normalized spacial score (nSPS) is 11.9. The fourth-order valence-electron chi connectivity index (χ4n) is 10.7. The summed E-state index contributed by atoms with van der Waals surface area (Å²) >= 11 is 0. The molecule has 1 atom stereocenters. The minimum absolute atomic E-state index is 0.0617. The quantitative estimate of drug-likeness (QED) is 0.0343. The zero-order valence-electron chi connectivity index (χ0n) is 50.7. The molecule has 0 heterocycles. The van der Waals surface area contributed by atoms with E-state index in [2.05, 4.69) is 20.8 Å². The van der Waals surface area contributed by atoms with Gasteiger partial charge in [0, 0.05) is 19.3 Å². The fraction of sp³-hybridized carbons (Fsp3) is 0.956. The molecule has 6 nitrogen and oxygen atoms in total. The summed E-state index contributed by atoms with van der Waals surface area (Å²) in [6.45, 7) is 6.67. The average molecular weight is 1050 g/mol. The van der Waals surface area contributed by atoms with Gasteiger partial charge in [0.2, 0.25) is 0 Å². The zero-order valence-corrected chi connectivity index (χ0v) is 50.7. The Labute approximate surface area is 463 Å². The van der Waals surface area contributed by atoms with E-state index in [1.165, 1.54) is 302 Å². The van der Waals surface area contributed by atoms with Gasteiger partial charge < -0.3 is 14.2 Å². The second kappa shape index (κ2) is 63.9. The van der Waals surface area contributed by atoms with Crippen LogP contribution in [0.2, 0.25) is 0 Å². The van der Waals surface area contributed by atoms with E-state index in [0.717, 1.165) is 57.8 Å². The highest BCUT2D eigenvalue weighted by Gasteiger charge is 2.19. The molecular formula is C68H132O6. The molecule has 0 N–H and O–H groups in total. The Hall–Kier alpha value is -1.59. The SMILES string of the molecule is CCCCCCCCCCCCCCCCCCCCCCCCCCCCCCC(=O)OCC(COC(=O)CCCCCCCC)OC(=O)CCCCCCCCCCCCCCCCCCCCCCCC. The second-order valence-corrected chi connectivity index (χ2v) is 23.5. The monoisotopic (exact) mass is 1050 g/mol. The molecule has 0 aromatic carbocycles. The number of ether oxygens (including phenoxy) is 3. The van der Waals surface area contributed by atoms with Crippen molar-refractivity contribution in [1.82, 2.24) is 0 Å². The molecule has 0 rings (SSSR count). The summed E-state index contributed by atoms with van der Waals surface area (Å²) in [6.07, 6.45) is 74.6. The highest BCUT2D eigenvalue weighted by Crippen LogP contribution is 2.19. The van der Waals surface area contributed by atoms with Crippen molar-refractivity contribution >= 4 is 17.9 Å². The van der Waals surface area contributed by atoms with Crippen LogP contribution in [-0.4, -0.2) is 37.2 Å². The summed E-state index contributed by atoms with van der Waals surface area (Å²) in [6, 6.07) is 0. The standard InChI is InChI=1S/C68H132O6/c1-4-7-10-13-16-18-20-22-24-26-28-30-32-33-34-35-36-37-39-40-42-44-46-48-50-52-55-58-61-67(70)73-64-65(63-72-66(69)60-57-54-15-12-9-6-3)74-68(71)62-59-56-53-51-49-47-45-43-41-38-31-29-27-25-23-21-19-17-14-11-8-5-2/h65H,4-64H2,1-3H3. The summed E-state index contributed by atoms with van der Waals surface area (Å²) < 4.78 is 16.9. The number of unbranched alkanes of at least 4 members (excludes halogenated alkanes) is 53. The molecule has 0 fully saturated rings. The third kappa shape index (κ3) is 61.3. The van der Waals surface area contributed by atoms with Crippen LogP contribution >= 0.6 is 0 Å².